The van der Waals surface area contributed by atoms with Gasteiger partial charge in [0.15, 0.2) is 6.10 Å². The number of ether oxygens (including phenoxy) is 1. The summed E-state index contributed by atoms with van der Waals surface area (Å²) in [7, 11) is 0. The Morgan fingerprint density at radius 2 is 1.61 bits per heavy atom. The van der Waals surface area contributed by atoms with Crippen molar-refractivity contribution >= 4 is 22.8 Å². The van der Waals surface area contributed by atoms with Crippen molar-refractivity contribution in [2.24, 2.45) is 0 Å². The molecule has 1 aromatic heterocycles. The first-order valence-corrected chi connectivity index (χ1v) is 12.8. The van der Waals surface area contributed by atoms with E-state index in [1.54, 1.807) is 12.3 Å². The van der Waals surface area contributed by atoms with Crippen molar-refractivity contribution < 1.29 is 23.8 Å². The van der Waals surface area contributed by atoms with E-state index in [1.165, 1.54) is 0 Å². The predicted molar refractivity (Wildman–Crippen MR) is 147 cm³/mol. The molecule has 1 aliphatic heterocycles. The zero-order valence-corrected chi connectivity index (χ0v) is 22.7. The second kappa shape index (κ2) is 9.44. The molecule has 0 saturated heterocycles. The fraction of sp³-hybridized carbons (Fsp3) is 0.312. The van der Waals surface area contributed by atoms with Gasteiger partial charge in [-0.05, 0) is 87.1 Å². The first-order valence-electron chi connectivity index (χ1n) is 12.8. The number of amides is 1. The van der Waals surface area contributed by atoms with Crippen LogP contribution in [0.25, 0.3) is 22.1 Å². The molecular formula is C32H33NO5. The van der Waals surface area contributed by atoms with E-state index in [9.17, 15) is 14.7 Å². The van der Waals surface area contributed by atoms with Crippen molar-refractivity contribution in [3.8, 4) is 11.1 Å². The maximum absolute atomic E-state index is 13.7. The van der Waals surface area contributed by atoms with Crippen LogP contribution in [-0.2, 0) is 22.6 Å². The van der Waals surface area contributed by atoms with Crippen molar-refractivity contribution in [1.82, 2.24) is 4.90 Å². The van der Waals surface area contributed by atoms with E-state index in [0.717, 1.165) is 44.3 Å². The Kier molecular flexibility index (Phi) is 6.40. The fourth-order valence-corrected chi connectivity index (χ4v) is 5.50. The number of carboxylic acid groups (broad SMARTS) is 1. The van der Waals surface area contributed by atoms with Gasteiger partial charge in [-0.3, -0.25) is 4.79 Å². The summed E-state index contributed by atoms with van der Waals surface area (Å²) in [6.07, 6.45) is 0.437. The number of carboxylic acids is 1. The first kappa shape index (κ1) is 25.7. The lowest BCUT2D eigenvalue weighted by Gasteiger charge is -2.29. The van der Waals surface area contributed by atoms with E-state index in [1.807, 2.05) is 88.9 Å². The number of aryl methyl sites for hydroxylation is 1. The molecule has 2 heterocycles. The van der Waals surface area contributed by atoms with Crippen LogP contribution >= 0.6 is 0 Å². The Balaban J connectivity index is 1.66. The van der Waals surface area contributed by atoms with Crippen molar-refractivity contribution in [2.75, 3.05) is 0 Å². The van der Waals surface area contributed by atoms with Gasteiger partial charge in [0.1, 0.15) is 5.58 Å². The minimum absolute atomic E-state index is 0.111. The Morgan fingerprint density at radius 1 is 0.947 bits per heavy atom. The molecule has 0 aliphatic carbocycles. The van der Waals surface area contributed by atoms with Crippen molar-refractivity contribution in [3.05, 3.63) is 93.7 Å². The molecule has 0 fully saturated rings. The maximum Gasteiger partial charge on any atom is 0.337 e. The second-order valence-electron chi connectivity index (χ2n) is 11.1. The van der Waals surface area contributed by atoms with Crippen LogP contribution in [0.2, 0.25) is 0 Å². The van der Waals surface area contributed by atoms with E-state index < -0.39 is 17.7 Å². The van der Waals surface area contributed by atoms with Gasteiger partial charge in [-0.1, -0.05) is 42.0 Å². The summed E-state index contributed by atoms with van der Waals surface area (Å²) < 4.78 is 11.8. The lowest BCUT2D eigenvalue weighted by molar-refractivity contribution is -0.160. The average molecular weight is 512 g/mol. The van der Waals surface area contributed by atoms with Gasteiger partial charge in [0.2, 0.25) is 0 Å². The molecule has 196 valence electrons. The van der Waals surface area contributed by atoms with Crippen molar-refractivity contribution in [1.29, 1.82) is 0 Å². The number of nitrogens with zero attached hydrogens (tertiary/aromatic N) is 1. The molecule has 6 heteroatoms. The summed E-state index contributed by atoms with van der Waals surface area (Å²) in [5.41, 5.74) is 7.86. The highest BCUT2D eigenvalue weighted by atomic mass is 16.5. The molecule has 0 unspecified atom stereocenters. The first-order chi connectivity index (χ1) is 18.0. The lowest BCUT2D eigenvalue weighted by Crippen LogP contribution is -2.28. The van der Waals surface area contributed by atoms with Crippen LogP contribution in [0.4, 0.5) is 0 Å². The number of benzene rings is 3. The molecule has 1 atom stereocenters. The van der Waals surface area contributed by atoms with Gasteiger partial charge in [-0.2, -0.15) is 0 Å². The summed E-state index contributed by atoms with van der Waals surface area (Å²) >= 11 is 0. The molecule has 0 radical (unpaired) electrons. The molecule has 0 bridgehead atoms. The van der Waals surface area contributed by atoms with Crippen LogP contribution in [0, 0.1) is 20.8 Å². The molecule has 0 spiro atoms. The summed E-state index contributed by atoms with van der Waals surface area (Å²) in [6, 6.07) is 15.5. The third-order valence-electron chi connectivity index (χ3n) is 7.31. The number of rotatable bonds is 5. The van der Waals surface area contributed by atoms with Crippen LogP contribution in [0.1, 0.15) is 70.6 Å². The van der Waals surface area contributed by atoms with Gasteiger partial charge in [0.25, 0.3) is 5.91 Å². The summed E-state index contributed by atoms with van der Waals surface area (Å²) in [5.74, 6) is -1.15. The Bertz CT molecular complexity index is 1560. The minimum atomic E-state index is -1.16. The van der Waals surface area contributed by atoms with Gasteiger partial charge in [-0.15, -0.1) is 0 Å². The minimum Gasteiger partial charge on any atom is -0.479 e. The maximum atomic E-state index is 13.7. The van der Waals surface area contributed by atoms with Crippen LogP contribution in [0.15, 0.2) is 59.2 Å². The molecule has 6 nitrogen and oxygen atoms in total. The SMILES string of the molecule is Cc1ccc(-c2c(C)c3c(c(C)c2[C@H](OC(C)(C)C)C(=O)O)CN(C(=O)c2cccc4ccoc24)C3)cc1. The van der Waals surface area contributed by atoms with E-state index in [4.69, 9.17) is 9.15 Å². The normalized spacial score (nSPS) is 14.1. The third-order valence-corrected chi connectivity index (χ3v) is 7.31. The quantitative estimate of drug-likeness (QED) is 0.309. The van der Waals surface area contributed by atoms with Crippen LogP contribution in [0.3, 0.4) is 0 Å². The van der Waals surface area contributed by atoms with Gasteiger partial charge >= 0.3 is 5.97 Å². The molecule has 0 saturated carbocycles. The fourth-order valence-electron chi connectivity index (χ4n) is 5.50. The molecular weight excluding hydrogens is 478 g/mol. The average Bonchev–Trinajstić information content (AvgIpc) is 3.52. The zero-order valence-electron chi connectivity index (χ0n) is 22.7. The number of hydrogen-bond acceptors (Lipinski definition) is 4. The number of furan rings is 1. The molecule has 1 aliphatic rings. The number of fused-ring (bicyclic) bond motifs is 2. The number of carbonyl (C=O) groups excluding carboxylic acids is 1. The Morgan fingerprint density at radius 3 is 2.24 bits per heavy atom. The Labute approximate surface area is 222 Å². The molecule has 1 amide bonds. The number of para-hydroxylation sites is 1. The number of aliphatic carboxylic acids is 1. The van der Waals surface area contributed by atoms with Gasteiger partial charge in [0.05, 0.1) is 17.4 Å². The van der Waals surface area contributed by atoms with E-state index in [2.05, 4.69) is 0 Å². The third kappa shape index (κ3) is 4.50. The highest BCUT2D eigenvalue weighted by Crippen LogP contribution is 2.44. The van der Waals surface area contributed by atoms with Crippen LogP contribution in [0.5, 0.6) is 0 Å². The topological polar surface area (TPSA) is 80.0 Å². The van der Waals surface area contributed by atoms with Crippen LogP contribution < -0.4 is 0 Å². The van der Waals surface area contributed by atoms with E-state index in [-0.39, 0.29) is 5.91 Å². The van der Waals surface area contributed by atoms with E-state index >= 15 is 0 Å². The largest absolute Gasteiger partial charge is 0.479 e. The zero-order chi connectivity index (χ0) is 27.4. The molecule has 5 rings (SSSR count). The Hall–Kier alpha value is -3.90. The van der Waals surface area contributed by atoms with Crippen LogP contribution in [-0.4, -0.2) is 27.5 Å². The highest BCUT2D eigenvalue weighted by Gasteiger charge is 2.36. The molecule has 3 aromatic carbocycles. The highest BCUT2D eigenvalue weighted by molar-refractivity contribution is 6.05. The van der Waals surface area contributed by atoms with Gasteiger partial charge in [-0.25, -0.2) is 4.79 Å². The number of carbonyl (C=O) groups is 2. The predicted octanol–water partition coefficient (Wildman–Crippen LogP) is 7.12. The van der Waals surface area contributed by atoms with Gasteiger partial charge < -0.3 is 19.2 Å². The standard InChI is InChI=1S/C32H33NO5/c1-18-10-12-21(13-11-18)26-19(2)24-16-33(30(34)23-9-7-8-22-14-15-37-28(22)23)17-25(24)20(3)27(26)29(31(35)36)38-32(4,5)6/h7-15,29H,16-17H2,1-6H3,(H,35,36)/t29-/m0/s1. The molecule has 4 aromatic rings. The lowest BCUT2D eigenvalue weighted by atomic mass is 9.83. The second-order valence-corrected chi connectivity index (χ2v) is 11.1. The van der Waals surface area contributed by atoms with Crippen molar-refractivity contribution in [3.63, 3.8) is 0 Å². The summed E-state index contributed by atoms with van der Waals surface area (Å²) in [6.45, 7) is 12.4. The molecule has 38 heavy (non-hydrogen) atoms. The number of hydrogen-bond donors (Lipinski definition) is 1. The summed E-state index contributed by atoms with van der Waals surface area (Å²) in [4.78, 5) is 28.2. The van der Waals surface area contributed by atoms with Gasteiger partial charge in [0, 0.05) is 24.0 Å². The van der Waals surface area contributed by atoms with E-state index in [0.29, 0.717) is 29.8 Å². The monoisotopic (exact) mass is 511 g/mol. The smallest absolute Gasteiger partial charge is 0.337 e. The van der Waals surface area contributed by atoms with Crippen molar-refractivity contribution in [2.45, 2.75) is 66.3 Å². The summed E-state index contributed by atoms with van der Waals surface area (Å²) in [5, 5.41) is 11.2. The molecule has 1 N–H and O–H groups in total.